The number of aryl methyl sites for hydroxylation is 1. The van der Waals surface area contributed by atoms with E-state index in [0.29, 0.717) is 6.42 Å². The fourth-order valence-corrected chi connectivity index (χ4v) is 2.24. The Bertz CT molecular complexity index is 484. The van der Waals surface area contributed by atoms with Crippen LogP contribution in [0.3, 0.4) is 0 Å². The molecule has 2 aromatic rings. The summed E-state index contributed by atoms with van der Waals surface area (Å²) in [4.78, 5) is 0. The van der Waals surface area contributed by atoms with Crippen molar-refractivity contribution in [1.82, 2.24) is 9.78 Å². The fourth-order valence-electron chi connectivity index (χ4n) is 1.60. The van der Waals surface area contributed by atoms with Gasteiger partial charge in [-0.05, 0) is 18.4 Å². The Labute approximate surface area is 98.2 Å². The highest BCUT2D eigenvalue weighted by atomic mass is 32.1. The molecule has 0 saturated carbocycles. The van der Waals surface area contributed by atoms with Crippen molar-refractivity contribution in [2.75, 3.05) is 0 Å². The van der Waals surface area contributed by atoms with E-state index in [2.05, 4.69) is 10.5 Å². The van der Waals surface area contributed by atoms with Crippen molar-refractivity contribution in [3.8, 4) is 11.3 Å². The monoisotopic (exact) mass is 234 g/mol. The minimum atomic E-state index is 0.173. The first-order chi connectivity index (χ1) is 7.70. The molecule has 0 aliphatic carbocycles. The van der Waals surface area contributed by atoms with Crippen LogP contribution in [-0.4, -0.2) is 15.6 Å². The molecule has 16 heavy (non-hydrogen) atoms. The van der Waals surface area contributed by atoms with Crippen LogP contribution in [0.1, 0.15) is 12.5 Å². The van der Waals surface area contributed by atoms with Crippen LogP contribution < -0.4 is 5.73 Å². The topological polar surface area (TPSA) is 67.7 Å². The average molecular weight is 234 g/mol. The van der Waals surface area contributed by atoms with E-state index in [0.717, 1.165) is 23.4 Å². The second-order valence-electron chi connectivity index (χ2n) is 3.57. The van der Waals surface area contributed by atoms with Crippen molar-refractivity contribution in [1.29, 1.82) is 5.41 Å². The van der Waals surface area contributed by atoms with Crippen LogP contribution in [0.5, 0.6) is 0 Å². The van der Waals surface area contributed by atoms with Gasteiger partial charge in [-0.2, -0.15) is 16.4 Å². The van der Waals surface area contributed by atoms with Crippen molar-refractivity contribution in [3.63, 3.8) is 0 Å². The molecule has 84 valence electrons. The molecule has 2 aromatic heterocycles. The normalized spacial score (nSPS) is 10.6. The van der Waals surface area contributed by atoms with Gasteiger partial charge in [-0.15, -0.1) is 0 Å². The third-order valence-corrected chi connectivity index (χ3v) is 3.02. The number of thiophene rings is 1. The highest BCUT2D eigenvalue weighted by molar-refractivity contribution is 7.08. The molecule has 0 aliphatic heterocycles. The fraction of sp³-hybridized carbons (Fsp3) is 0.273. The summed E-state index contributed by atoms with van der Waals surface area (Å²) in [5.41, 5.74) is 8.52. The summed E-state index contributed by atoms with van der Waals surface area (Å²) in [6.07, 6.45) is 2.43. The van der Waals surface area contributed by atoms with Crippen LogP contribution in [-0.2, 0) is 13.0 Å². The summed E-state index contributed by atoms with van der Waals surface area (Å²) < 4.78 is 1.88. The zero-order valence-corrected chi connectivity index (χ0v) is 9.92. The minimum Gasteiger partial charge on any atom is -0.387 e. The highest BCUT2D eigenvalue weighted by Gasteiger charge is 2.11. The lowest BCUT2D eigenvalue weighted by Crippen LogP contribution is -2.12. The molecule has 2 rings (SSSR count). The van der Waals surface area contributed by atoms with E-state index >= 15 is 0 Å². The number of nitrogens with zero attached hydrogens (tertiary/aromatic N) is 2. The van der Waals surface area contributed by atoms with Gasteiger partial charge in [-0.1, -0.05) is 0 Å². The van der Waals surface area contributed by atoms with E-state index in [9.17, 15) is 0 Å². The van der Waals surface area contributed by atoms with Crippen LogP contribution in [0.15, 0.2) is 23.0 Å². The molecule has 4 nitrogen and oxygen atoms in total. The number of nitrogens with two attached hydrogens (primary N) is 1. The van der Waals surface area contributed by atoms with Gasteiger partial charge in [0.2, 0.25) is 0 Å². The van der Waals surface area contributed by atoms with Crippen molar-refractivity contribution >= 4 is 17.2 Å². The van der Waals surface area contributed by atoms with E-state index in [1.165, 1.54) is 0 Å². The predicted molar refractivity (Wildman–Crippen MR) is 66.8 cm³/mol. The average Bonchev–Trinajstić information content (AvgIpc) is 2.84. The lowest BCUT2D eigenvalue weighted by Gasteiger charge is -1.97. The van der Waals surface area contributed by atoms with Gasteiger partial charge in [0.15, 0.2) is 0 Å². The van der Waals surface area contributed by atoms with Gasteiger partial charge in [0.05, 0.1) is 11.5 Å². The molecule has 0 unspecified atom stereocenters. The Morgan fingerprint density at radius 3 is 3.00 bits per heavy atom. The molecule has 0 saturated heterocycles. The van der Waals surface area contributed by atoms with Crippen LogP contribution in [0, 0.1) is 5.41 Å². The largest absolute Gasteiger partial charge is 0.387 e. The predicted octanol–water partition coefficient (Wildman–Crippen LogP) is 2.11. The highest BCUT2D eigenvalue weighted by Crippen LogP contribution is 2.24. The standard InChI is InChI=1S/C11H14N4S/c1-2-15-6-9(5-10(12)13)11(14-15)8-3-4-16-7-8/h3-4,6-7H,2,5H2,1H3,(H3,12,13). The van der Waals surface area contributed by atoms with E-state index in [1.54, 1.807) is 11.3 Å². The number of nitrogens with one attached hydrogen (secondary N) is 1. The van der Waals surface area contributed by atoms with Crippen LogP contribution in [0.2, 0.25) is 0 Å². The Morgan fingerprint density at radius 2 is 2.44 bits per heavy atom. The molecule has 3 N–H and O–H groups in total. The summed E-state index contributed by atoms with van der Waals surface area (Å²) in [7, 11) is 0. The Morgan fingerprint density at radius 1 is 1.62 bits per heavy atom. The van der Waals surface area contributed by atoms with Gasteiger partial charge in [0.1, 0.15) is 0 Å². The zero-order chi connectivity index (χ0) is 11.5. The van der Waals surface area contributed by atoms with Gasteiger partial charge in [0, 0.05) is 35.7 Å². The quantitative estimate of drug-likeness (QED) is 0.628. The van der Waals surface area contributed by atoms with Crippen molar-refractivity contribution in [2.45, 2.75) is 19.9 Å². The third-order valence-electron chi connectivity index (χ3n) is 2.34. The first-order valence-corrected chi connectivity index (χ1v) is 6.06. The molecule has 0 aliphatic rings. The van der Waals surface area contributed by atoms with Crippen molar-refractivity contribution in [2.24, 2.45) is 5.73 Å². The number of rotatable bonds is 4. The molecule has 0 bridgehead atoms. The van der Waals surface area contributed by atoms with Crippen molar-refractivity contribution in [3.05, 3.63) is 28.6 Å². The molecular formula is C11H14N4S. The smallest absolute Gasteiger partial charge is 0.0968 e. The second-order valence-corrected chi connectivity index (χ2v) is 4.35. The molecule has 0 fully saturated rings. The van der Waals surface area contributed by atoms with E-state index < -0.39 is 0 Å². The van der Waals surface area contributed by atoms with E-state index in [1.807, 2.05) is 29.2 Å². The number of hydrogen-bond acceptors (Lipinski definition) is 3. The summed E-state index contributed by atoms with van der Waals surface area (Å²) in [6.45, 7) is 2.87. The Hall–Kier alpha value is -1.62. The molecule has 0 radical (unpaired) electrons. The van der Waals surface area contributed by atoms with Gasteiger partial charge in [-0.25, -0.2) is 0 Å². The number of hydrogen-bond donors (Lipinski definition) is 2. The molecule has 0 amide bonds. The number of amidine groups is 1. The van der Waals surface area contributed by atoms with Crippen molar-refractivity contribution < 1.29 is 0 Å². The van der Waals surface area contributed by atoms with Crippen LogP contribution in [0.25, 0.3) is 11.3 Å². The first-order valence-electron chi connectivity index (χ1n) is 5.12. The van der Waals surface area contributed by atoms with Crippen LogP contribution in [0.4, 0.5) is 0 Å². The molecule has 5 heteroatoms. The minimum absolute atomic E-state index is 0.173. The van der Waals surface area contributed by atoms with E-state index in [-0.39, 0.29) is 5.84 Å². The summed E-state index contributed by atoms with van der Waals surface area (Å²) >= 11 is 1.64. The van der Waals surface area contributed by atoms with Gasteiger partial charge >= 0.3 is 0 Å². The Kier molecular flexibility index (Phi) is 3.05. The molecule has 2 heterocycles. The van der Waals surface area contributed by atoms with Gasteiger partial charge in [-0.3, -0.25) is 10.1 Å². The second kappa shape index (κ2) is 4.49. The summed E-state index contributed by atoms with van der Waals surface area (Å²) in [5.74, 6) is 0.173. The van der Waals surface area contributed by atoms with Gasteiger partial charge < -0.3 is 5.73 Å². The summed E-state index contributed by atoms with van der Waals surface area (Å²) in [6, 6.07) is 2.04. The lowest BCUT2D eigenvalue weighted by atomic mass is 10.1. The molecule has 0 atom stereocenters. The maximum Gasteiger partial charge on any atom is 0.0968 e. The molecule has 0 spiro atoms. The maximum absolute atomic E-state index is 7.36. The molecular weight excluding hydrogens is 220 g/mol. The first kappa shape index (κ1) is 10.9. The zero-order valence-electron chi connectivity index (χ0n) is 9.10. The Balaban J connectivity index is 2.42. The third kappa shape index (κ3) is 2.14. The molecule has 0 aromatic carbocycles. The SMILES string of the molecule is CCn1cc(CC(=N)N)c(-c2ccsc2)n1. The van der Waals surface area contributed by atoms with Crippen LogP contribution >= 0.6 is 11.3 Å². The van der Waals surface area contributed by atoms with Gasteiger partial charge in [0.25, 0.3) is 0 Å². The number of aromatic nitrogens is 2. The maximum atomic E-state index is 7.36. The summed E-state index contributed by atoms with van der Waals surface area (Å²) in [5, 5.41) is 15.9. The lowest BCUT2D eigenvalue weighted by molar-refractivity contribution is 0.661. The van der Waals surface area contributed by atoms with E-state index in [4.69, 9.17) is 11.1 Å².